The molecule has 102 valence electrons. The number of benzene rings is 1. The van der Waals surface area contributed by atoms with Crippen molar-refractivity contribution >= 4 is 0 Å². The van der Waals surface area contributed by atoms with Gasteiger partial charge >= 0.3 is 0 Å². The number of rotatable bonds is 6. The number of aliphatic hydroxyl groups excluding tert-OH is 1. The Morgan fingerprint density at radius 1 is 1.37 bits per heavy atom. The van der Waals surface area contributed by atoms with Gasteiger partial charge in [0.05, 0.1) is 19.4 Å². The molecule has 1 aromatic carbocycles. The maximum absolute atomic E-state index is 10.1. The molecule has 0 bridgehead atoms. The second-order valence-electron chi connectivity index (χ2n) is 4.44. The molecule has 0 saturated heterocycles. The van der Waals surface area contributed by atoms with Gasteiger partial charge < -0.3 is 15.2 Å². The Morgan fingerprint density at radius 2 is 2.11 bits per heavy atom. The molecule has 0 amide bonds. The number of nitrogens with one attached hydrogen (secondary N) is 2. The molecule has 0 spiro atoms. The minimum atomic E-state index is -0.530. The molecule has 1 heterocycles. The van der Waals surface area contributed by atoms with Crippen LogP contribution in [0.2, 0.25) is 0 Å². The molecule has 19 heavy (non-hydrogen) atoms. The van der Waals surface area contributed by atoms with Crippen LogP contribution in [0.25, 0.3) is 0 Å². The average molecular weight is 261 g/mol. The third-order valence-corrected chi connectivity index (χ3v) is 3.09. The van der Waals surface area contributed by atoms with E-state index in [1.807, 2.05) is 31.2 Å². The van der Waals surface area contributed by atoms with Gasteiger partial charge in [-0.15, -0.1) is 0 Å². The van der Waals surface area contributed by atoms with Crippen LogP contribution in [-0.2, 0) is 6.54 Å². The van der Waals surface area contributed by atoms with Gasteiger partial charge in [-0.2, -0.15) is 5.10 Å². The lowest BCUT2D eigenvalue weighted by molar-refractivity contribution is 0.174. The van der Waals surface area contributed by atoms with Gasteiger partial charge in [-0.05, 0) is 24.6 Å². The fourth-order valence-corrected chi connectivity index (χ4v) is 1.84. The molecule has 1 atom stereocenters. The average Bonchev–Trinajstić information content (AvgIpc) is 2.84. The van der Waals surface area contributed by atoms with E-state index in [1.165, 1.54) is 0 Å². The predicted octanol–water partition coefficient (Wildman–Crippen LogP) is 1.55. The number of methoxy groups -OCH3 is 1. The molecule has 2 rings (SSSR count). The summed E-state index contributed by atoms with van der Waals surface area (Å²) in [6, 6.07) is 7.43. The van der Waals surface area contributed by atoms with Gasteiger partial charge in [-0.25, -0.2) is 0 Å². The Kier molecular flexibility index (Phi) is 4.54. The maximum atomic E-state index is 10.1. The number of nitrogens with zero attached hydrogens (tertiary/aromatic N) is 1. The van der Waals surface area contributed by atoms with Crippen molar-refractivity contribution in [2.24, 2.45) is 0 Å². The summed E-state index contributed by atoms with van der Waals surface area (Å²) in [5, 5.41) is 20.1. The molecular weight excluding hydrogens is 242 g/mol. The van der Waals surface area contributed by atoms with Gasteiger partial charge in [0.2, 0.25) is 0 Å². The van der Waals surface area contributed by atoms with Gasteiger partial charge in [0.1, 0.15) is 5.75 Å². The van der Waals surface area contributed by atoms with E-state index in [0.717, 1.165) is 22.6 Å². The van der Waals surface area contributed by atoms with Crippen molar-refractivity contribution in [2.75, 3.05) is 13.7 Å². The molecule has 5 heteroatoms. The number of aliphatic hydroxyl groups is 1. The number of aryl methyl sites for hydroxylation is 1. The Bertz CT molecular complexity index is 508. The highest BCUT2D eigenvalue weighted by Gasteiger charge is 2.07. The summed E-state index contributed by atoms with van der Waals surface area (Å²) in [4.78, 5) is 0. The summed E-state index contributed by atoms with van der Waals surface area (Å²) in [7, 11) is 1.63. The van der Waals surface area contributed by atoms with Crippen LogP contribution in [0.1, 0.15) is 22.9 Å². The number of H-pyrrole nitrogens is 1. The highest BCUT2D eigenvalue weighted by Crippen LogP contribution is 2.17. The molecule has 0 aliphatic rings. The number of ether oxygens (including phenoxy) is 1. The topological polar surface area (TPSA) is 70.2 Å². The van der Waals surface area contributed by atoms with Crippen molar-refractivity contribution in [1.82, 2.24) is 15.5 Å². The molecule has 0 fully saturated rings. The SMILES string of the molecule is COc1ccc([C@H](O)CNCc2cn[nH]c2C)cc1. The molecule has 0 saturated carbocycles. The first-order chi connectivity index (χ1) is 9.20. The van der Waals surface area contributed by atoms with E-state index < -0.39 is 6.10 Å². The lowest BCUT2D eigenvalue weighted by Crippen LogP contribution is -2.21. The van der Waals surface area contributed by atoms with E-state index in [-0.39, 0.29) is 0 Å². The maximum Gasteiger partial charge on any atom is 0.118 e. The number of hydrogen-bond acceptors (Lipinski definition) is 4. The first-order valence-electron chi connectivity index (χ1n) is 6.22. The first kappa shape index (κ1) is 13.6. The van der Waals surface area contributed by atoms with Gasteiger partial charge in [0.25, 0.3) is 0 Å². The number of aromatic nitrogens is 2. The number of hydrogen-bond donors (Lipinski definition) is 3. The quantitative estimate of drug-likeness (QED) is 0.738. The lowest BCUT2D eigenvalue weighted by atomic mass is 10.1. The third kappa shape index (κ3) is 3.56. The van der Waals surface area contributed by atoms with Gasteiger partial charge in [-0.3, -0.25) is 5.10 Å². The molecular formula is C14H19N3O2. The smallest absolute Gasteiger partial charge is 0.118 e. The lowest BCUT2D eigenvalue weighted by Gasteiger charge is -2.12. The second-order valence-corrected chi connectivity index (χ2v) is 4.44. The predicted molar refractivity (Wildman–Crippen MR) is 73.0 cm³/mol. The van der Waals surface area contributed by atoms with Crippen molar-refractivity contribution in [3.8, 4) is 5.75 Å². The molecule has 2 aromatic rings. The fraction of sp³-hybridized carbons (Fsp3) is 0.357. The van der Waals surface area contributed by atoms with Crippen molar-refractivity contribution in [3.63, 3.8) is 0 Å². The molecule has 3 N–H and O–H groups in total. The largest absolute Gasteiger partial charge is 0.497 e. The van der Waals surface area contributed by atoms with Crippen LogP contribution in [0.4, 0.5) is 0 Å². The van der Waals surface area contributed by atoms with Crippen LogP contribution in [0.15, 0.2) is 30.5 Å². The van der Waals surface area contributed by atoms with Crippen LogP contribution in [0.3, 0.4) is 0 Å². The summed E-state index contributed by atoms with van der Waals surface area (Å²) in [6.07, 6.45) is 1.26. The second kappa shape index (κ2) is 6.36. The van der Waals surface area contributed by atoms with Crippen molar-refractivity contribution in [1.29, 1.82) is 0 Å². The van der Waals surface area contributed by atoms with Gasteiger partial charge in [-0.1, -0.05) is 12.1 Å². The van der Waals surface area contributed by atoms with Crippen LogP contribution < -0.4 is 10.1 Å². The Morgan fingerprint density at radius 3 is 2.68 bits per heavy atom. The summed E-state index contributed by atoms with van der Waals surface area (Å²) in [5.41, 5.74) is 3.03. The number of aromatic amines is 1. The van der Waals surface area contributed by atoms with Crippen molar-refractivity contribution in [3.05, 3.63) is 47.3 Å². The molecule has 0 aliphatic heterocycles. The van der Waals surface area contributed by atoms with E-state index in [2.05, 4.69) is 15.5 Å². The highest BCUT2D eigenvalue weighted by molar-refractivity contribution is 5.28. The first-order valence-corrected chi connectivity index (χ1v) is 6.22. The van der Waals surface area contributed by atoms with Crippen LogP contribution in [0.5, 0.6) is 5.75 Å². The monoisotopic (exact) mass is 261 g/mol. The minimum absolute atomic E-state index is 0.497. The molecule has 0 radical (unpaired) electrons. The zero-order chi connectivity index (χ0) is 13.7. The van der Waals surface area contributed by atoms with Crippen molar-refractivity contribution in [2.45, 2.75) is 19.6 Å². The molecule has 0 aliphatic carbocycles. The van der Waals surface area contributed by atoms with E-state index in [9.17, 15) is 5.11 Å². The highest BCUT2D eigenvalue weighted by atomic mass is 16.5. The summed E-state index contributed by atoms with van der Waals surface area (Å²) < 4.78 is 5.08. The molecule has 0 unspecified atom stereocenters. The van der Waals surface area contributed by atoms with E-state index in [0.29, 0.717) is 13.1 Å². The zero-order valence-electron chi connectivity index (χ0n) is 11.2. The van der Waals surface area contributed by atoms with E-state index >= 15 is 0 Å². The van der Waals surface area contributed by atoms with E-state index in [1.54, 1.807) is 13.3 Å². The van der Waals surface area contributed by atoms with Crippen LogP contribution in [0, 0.1) is 6.92 Å². The minimum Gasteiger partial charge on any atom is -0.497 e. The molecule has 5 nitrogen and oxygen atoms in total. The Labute approximate surface area is 112 Å². The van der Waals surface area contributed by atoms with Gasteiger partial charge in [0.15, 0.2) is 0 Å². The Balaban J connectivity index is 1.83. The zero-order valence-corrected chi connectivity index (χ0v) is 11.2. The van der Waals surface area contributed by atoms with E-state index in [4.69, 9.17) is 4.74 Å². The molecule has 1 aromatic heterocycles. The Hall–Kier alpha value is -1.85. The standard InChI is InChI=1S/C14H19N3O2/c1-10-12(8-16-17-10)7-15-9-14(18)11-3-5-13(19-2)6-4-11/h3-6,8,14-15,18H,7,9H2,1-2H3,(H,16,17)/t14-/m1/s1. The normalized spacial score (nSPS) is 12.4. The van der Waals surface area contributed by atoms with Crippen LogP contribution >= 0.6 is 0 Å². The fourth-order valence-electron chi connectivity index (χ4n) is 1.84. The summed E-state index contributed by atoms with van der Waals surface area (Å²) in [6.45, 7) is 3.16. The van der Waals surface area contributed by atoms with Crippen molar-refractivity contribution < 1.29 is 9.84 Å². The van der Waals surface area contributed by atoms with Crippen LogP contribution in [-0.4, -0.2) is 29.0 Å². The van der Waals surface area contributed by atoms with Gasteiger partial charge in [0, 0.05) is 24.3 Å². The summed E-state index contributed by atoms with van der Waals surface area (Å²) in [5.74, 6) is 0.790. The summed E-state index contributed by atoms with van der Waals surface area (Å²) >= 11 is 0. The third-order valence-electron chi connectivity index (χ3n) is 3.09.